The van der Waals surface area contributed by atoms with Crippen LogP contribution >= 0.6 is 0 Å². The molecule has 1 saturated carbocycles. The zero-order valence-electron chi connectivity index (χ0n) is 11.9. The van der Waals surface area contributed by atoms with Crippen molar-refractivity contribution in [1.82, 2.24) is 7.96 Å². The molecule has 106 valence electrons. The number of aryl methyl sites for hydroxylation is 1. The van der Waals surface area contributed by atoms with Gasteiger partial charge in [0.05, 0.1) is 0 Å². The molecule has 1 aromatic heterocycles. The van der Waals surface area contributed by atoms with E-state index in [1.807, 2.05) is 0 Å². The average Bonchev–Trinajstić information content (AvgIpc) is 2.91. The van der Waals surface area contributed by atoms with Crippen LogP contribution in [0.3, 0.4) is 0 Å². The molecule has 0 unspecified atom stereocenters. The van der Waals surface area contributed by atoms with Gasteiger partial charge in [-0.3, -0.25) is 0 Å². The summed E-state index contributed by atoms with van der Waals surface area (Å²) in [6.07, 6.45) is 2.41. The molecule has 0 amide bonds. The number of hydrogen-bond donors (Lipinski definition) is 1. The van der Waals surface area contributed by atoms with Crippen LogP contribution in [-0.4, -0.2) is 29.0 Å². The molecule has 1 heterocycles. The minimum absolute atomic E-state index is 0.0455. The maximum atomic E-state index is 4.53. The van der Waals surface area contributed by atoms with Crippen molar-refractivity contribution in [2.75, 3.05) is 5.32 Å². The molecule has 21 heavy (non-hydrogen) atoms. The third kappa shape index (κ3) is 2.50. The topological polar surface area (TPSA) is 37.8 Å². The predicted molar refractivity (Wildman–Crippen MR) is 87.0 cm³/mol. The fraction of sp³-hybridized carbons (Fsp3) is 0.294. The molecule has 1 aliphatic carbocycles. The molecule has 0 radical (unpaired) electrons. The van der Waals surface area contributed by atoms with Crippen LogP contribution < -0.4 is 5.32 Å². The van der Waals surface area contributed by atoms with Crippen molar-refractivity contribution in [3.05, 3.63) is 53.6 Å². The molecule has 1 N–H and O–H groups in total. The van der Waals surface area contributed by atoms with E-state index in [1.54, 1.807) is 0 Å². The first-order valence-electron chi connectivity index (χ1n) is 7.34. The Morgan fingerprint density at radius 1 is 1.10 bits per heavy atom. The van der Waals surface area contributed by atoms with Gasteiger partial charge < -0.3 is 0 Å². The van der Waals surface area contributed by atoms with Crippen LogP contribution in [-0.2, 0) is 0 Å². The Morgan fingerprint density at radius 3 is 2.81 bits per heavy atom. The average molecular weight is 342 g/mol. The van der Waals surface area contributed by atoms with E-state index in [-0.39, 0.29) is 15.0 Å². The SMILES string of the molecule is Cc1cccc(C2CC(Nc3cccc4n[se]nc34)C2)c1. The van der Waals surface area contributed by atoms with Gasteiger partial charge in [0.2, 0.25) is 0 Å². The van der Waals surface area contributed by atoms with Gasteiger partial charge in [0.15, 0.2) is 0 Å². The Bertz CT molecular complexity index is 774. The molecule has 4 rings (SSSR count). The number of fused-ring (bicyclic) bond motifs is 1. The van der Waals surface area contributed by atoms with Crippen LogP contribution in [0.5, 0.6) is 0 Å². The number of rotatable bonds is 3. The number of benzene rings is 2. The molecule has 4 heteroatoms. The quantitative estimate of drug-likeness (QED) is 0.742. The van der Waals surface area contributed by atoms with Crippen molar-refractivity contribution in [2.45, 2.75) is 31.7 Å². The first kappa shape index (κ1) is 13.1. The molecule has 0 bridgehead atoms. The van der Waals surface area contributed by atoms with Gasteiger partial charge in [0, 0.05) is 0 Å². The van der Waals surface area contributed by atoms with E-state index < -0.39 is 0 Å². The fourth-order valence-electron chi connectivity index (χ4n) is 3.07. The van der Waals surface area contributed by atoms with Crippen molar-refractivity contribution < 1.29 is 0 Å². The van der Waals surface area contributed by atoms with Gasteiger partial charge in [-0.2, -0.15) is 0 Å². The maximum absolute atomic E-state index is 4.53. The Morgan fingerprint density at radius 2 is 1.95 bits per heavy atom. The van der Waals surface area contributed by atoms with Gasteiger partial charge in [-0.15, -0.1) is 0 Å². The molecule has 0 spiro atoms. The summed E-state index contributed by atoms with van der Waals surface area (Å²) in [6.45, 7) is 2.16. The van der Waals surface area contributed by atoms with Gasteiger partial charge in [-0.1, -0.05) is 0 Å². The fourth-order valence-corrected chi connectivity index (χ4v) is 4.23. The Labute approximate surface area is 130 Å². The van der Waals surface area contributed by atoms with Crippen molar-refractivity contribution in [3.8, 4) is 0 Å². The summed E-state index contributed by atoms with van der Waals surface area (Å²) in [6, 6.07) is 15.7. The molecule has 2 aromatic carbocycles. The molecule has 0 aliphatic heterocycles. The molecule has 1 fully saturated rings. The second kappa shape index (κ2) is 5.28. The third-order valence-corrected chi connectivity index (χ3v) is 5.44. The third-order valence-electron chi connectivity index (χ3n) is 4.30. The van der Waals surface area contributed by atoms with Gasteiger partial charge >= 0.3 is 130 Å². The van der Waals surface area contributed by atoms with E-state index in [9.17, 15) is 0 Å². The number of nitrogens with zero attached hydrogens (tertiary/aromatic N) is 2. The van der Waals surface area contributed by atoms with E-state index in [0.29, 0.717) is 12.0 Å². The summed E-state index contributed by atoms with van der Waals surface area (Å²) < 4.78 is 8.97. The summed E-state index contributed by atoms with van der Waals surface area (Å²) in [5.74, 6) is 0.699. The van der Waals surface area contributed by atoms with Crippen molar-refractivity contribution in [3.63, 3.8) is 0 Å². The molecule has 0 saturated heterocycles. The molecule has 0 atom stereocenters. The molecular formula is C17H17N3Se. The number of nitrogens with one attached hydrogen (secondary N) is 1. The van der Waals surface area contributed by atoms with Crippen molar-refractivity contribution in [2.24, 2.45) is 0 Å². The van der Waals surface area contributed by atoms with Crippen LogP contribution in [0, 0.1) is 6.92 Å². The molecule has 3 aromatic rings. The zero-order chi connectivity index (χ0) is 14.2. The number of anilines is 1. The molecular weight excluding hydrogens is 325 g/mol. The van der Waals surface area contributed by atoms with E-state index in [1.165, 1.54) is 24.0 Å². The second-order valence-electron chi connectivity index (χ2n) is 5.86. The summed E-state index contributed by atoms with van der Waals surface area (Å²) in [4.78, 5) is 0. The monoisotopic (exact) mass is 343 g/mol. The number of hydrogen-bond acceptors (Lipinski definition) is 3. The second-order valence-corrected chi connectivity index (χ2v) is 6.97. The number of aromatic nitrogens is 2. The van der Waals surface area contributed by atoms with Crippen molar-refractivity contribution in [1.29, 1.82) is 0 Å². The molecule has 1 aliphatic rings. The van der Waals surface area contributed by atoms with Gasteiger partial charge in [0.1, 0.15) is 0 Å². The summed E-state index contributed by atoms with van der Waals surface area (Å²) in [5.41, 5.74) is 6.11. The van der Waals surface area contributed by atoms with E-state index >= 15 is 0 Å². The first-order valence-corrected chi connectivity index (χ1v) is 8.87. The van der Waals surface area contributed by atoms with Crippen LogP contribution in [0.15, 0.2) is 42.5 Å². The van der Waals surface area contributed by atoms with E-state index in [4.69, 9.17) is 0 Å². The predicted octanol–water partition coefficient (Wildman–Crippen LogP) is 3.35. The summed E-state index contributed by atoms with van der Waals surface area (Å²) in [5, 5.41) is 3.65. The Hall–Kier alpha value is -1.64. The van der Waals surface area contributed by atoms with Gasteiger partial charge in [-0.05, 0) is 0 Å². The van der Waals surface area contributed by atoms with Gasteiger partial charge in [0.25, 0.3) is 0 Å². The van der Waals surface area contributed by atoms with Crippen molar-refractivity contribution >= 4 is 31.7 Å². The standard InChI is InChI=1S/C17H17N3Se/c1-11-4-2-5-12(8-11)13-9-14(10-13)18-15-6-3-7-16-17(15)20-21-19-16/h2-8,13-14,18H,9-10H2,1H3. The normalized spacial score (nSPS) is 21.2. The van der Waals surface area contributed by atoms with Crippen LogP contribution in [0.25, 0.3) is 11.0 Å². The van der Waals surface area contributed by atoms with Crippen LogP contribution in [0.2, 0.25) is 0 Å². The van der Waals surface area contributed by atoms with E-state index in [0.717, 1.165) is 16.7 Å². The van der Waals surface area contributed by atoms with E-state index in [2.05, 4.69) is 62.7 Å². The summed E-state index contributed by atoms with van der Waals surface area (Å²) in [7, 11) is 0. The molecule has 3 nitrogen and oxygen atoms in total. The minimum atomic E-state index is 0.0455. The zero-order valence-corrected chi connectivity index (χ0v) is 13.6. The van der Waals surface area contributed by atoms with Crippen LogP contribution in [0.1, 0.15) is 29.9 Å². The Balaban J connectivity index is 1.46. The van der Waals surface area contributed by atoms with Gasteiger partial charge in [-0.25, -0.2) is 0 Å². The summed E-state index contributed by atoms with van der Waals surface area (Å²) >= 11 is 0.0455. The Kier molecular flexibility index (Phi) is 3.28. The van der Waals surface area contributed by atoms with Crippen LogP contribution in [0.4, 0.5) is 5.69 Å². The first-order chi connectivity index (χ1) is 10.3.